The topological polar surface area (TPSA) is 83.8 Å². The zero-order valence-electron chi connectivity index (χ0n) is 14.9. The van der Waals surface area contributed by atoms with Gasteiger partial charge in [0.25, 0.3) is 15.7 Å². The molecule has 2 aromatic carbocycles. The first-order valence-electron chi connectivity index (χ1n) is 9.12. The van der Waals surface area contributed by atoms with Gasteiger partial charge in [-0.05, 0) is 49.4 Å². The van der Waals surface area contributed by atoms with E-state index in [9.17, 15) is 18.5 Å². The summed E-state index contributed by atoms with van der Waals surface area (Å²) in [5, 5.41) is 11.0. The van der Waals surface area contributed by atoms with E-state index in [1.165, 1.54) is 22.5 Å². The van der Waals surface area contributed by atoms with E-state index in [0.717, 1.165) is 56.1 Å². The predicted molar refractivity (Wildman–Crippen MR) is 104 cm³/mol. The van der Waals surface area contributed by atoms with E-state index in [1.807, 2.05) is 12.1 Å². The zero-order valence-corrected chi connectivity index (χ0v) is 15.7. The van der Waals surface area contributed by atoms with Gasteiger partial charge < -0.3 is 4.90 Å². The first-order valence-corrected chi connectivity index (χ1v) is 10.6. The molecule has 27 heavy (non-hydrogen) atoms. The van der Waals surface area contributed by atoms with Crippen LogP contribution in [-0.2, 0) is 16.4 Å². The minimum Gasteiger partial charge on any atom is -0.371 e. The van der Waals surface area contributed by atoms with Crippen molar-refractivity contribution in [2.45, 2.75) is 30.6 Å². The molecule has 2 heterocycles. The van der Waals surface area contributed by atoms with Crippen LogP contribution >= 0.6 is 0 Å². The van der Waals surface area contributed by atoms with Gasteiger partial charge in [-0.15, -0.1) is 0 Å². The molecule has 0 saturated carbocycles. The summed E-state index contributed by atoms with van der Waals surface area (Å²) in [7, 11) is -3.86. The largest absolute Gasteiger partial charge is 0.371 e. The molecule has 4 rings (SSSR count). The van der Waals surface area contributed by atoms with Gasteiger partial charge in [0.2, 0.25) is 0 Å². The Bertz CT molecular complexity index is 984. The van der Waals surface area contributed by atoms with Gasteiger partial charge in [-0.3, -0.25) is 14.4 Å². The molecule has 2 aliphatic heterocycles. The lowest BCUT2D eigenvalue weighted by Gasteiger charge is -2.32. The number of hydrogen-bond acceptors (Lipinski definition) is 5. The van der Waals surface area contributed by atoms with Gasteiger partial charge in [0, 0.05) is 37.5 Å². The van der Waals surface area contributed by atoms with Crippen LogP contribution in [0.15, 0.2) is 47.4 Å². The summed E-state index contributed by atoms with van der Waals surface area (Å²) >= 11 is 0. The highest BCUT2D eigenvalue weighted by atomic mass is 32.2. The Kier molecular flexibility index (Phi) is 4.51. The maximum Gasteiger partial charge on any atom is 0.270 e. The maximum atomic E-state index is 13.2. The highest BCUT2D eigenvalue weighted by Gasteiger charge is 2.30. The standard InChI is InChI=1S/C19H21N3O4S/c23-22(24)17-6-3-7-18(13-17)27(25,26)21-12-4-5-15-8-9-16(14-19(15)21)20-10-1-2-11-20/h3,6-9,13-14H,1-2,4-5,10-12H2. The summed E-state index contributed by atoms with van der Waals surface area (Å²) in [4.78, 5) is 12.7. The monoisotopic (exact) mass is 387 g/mol. The molecule has 0 amide bonds. The average Bonchev–Trinajstić information content (AvgIpc) is 3.22. The van der Waals surface area contributed by atoms with Crippen LogP contribution in [0.5, 0.6) is 0 Å². The quantitative estimate of drug-likeness (QED) is 0.593. The number of nitro benzene ring substituents is 1. The summed E-state index contributed by atoms with van der Waals surface area (Å²) in [6.45, 7) is 2.34. The number of nitro groups is 1. The Balaban J connectivity index is 1.75. The van der Waals surface area contributed by atoms with Crippen LogP contribution in [0, 0.1) is 10.1 Å². The molecule has 2 aliphatic rings. The molecule has 0 atom stereocenters. The van der Waals surface area contributed by atoms with E-state index in [-0.39, 0.29) is 10.6 Å². The lowest BCUT2D eigenvalue weighted by Crippen LogP contribution is -2.35. The van der Waals surface area contributed by atoms with Crippen molar-refractivity contribution >= 4 is 27.1 Å². The van der Waals surface area contributed by atoms with Gasteiger partial charge in [-0.25, -0.2) is 8.42 Å². The van der Waals surface area contributed by atoms with Gasteiger partial charge in [0.05, 0.1) is 15.5 Å². The summed E-state index contributed by atoms with van der Waals surface area (Å²) < 4.78 is 27.9. The maximum absolute atomic E-state index is 13.2. The van der Waals surface area contributed by atoms with Crippen molar-refractivity contribution in [1.29, 1.82) is 0 Å². The van der Waals surface area contributed by atoms with Crippen LogP contribution in [0.2, 0.25) is 0 Å². The van der Waals surface area contributed by atoms with Crippen molar-refractivity contribution in [3.05, 3.63) is 58.1 Å². The number of benzene rings is 2. The van der Waals surface area contributed by atoms with E-state index in [2.05, 4.69) is 11.0 Å². The van der Waals surface area contributed by atoms with Crippen LogP contribution in [0.4, 0.5) is 17.1 Å². The molecule has 0 aliphatic carbocycles. The Hall–Kier alpha value is -2.61. The second-order valence-corrected chi connectivity index (χ2v) is 8.80. The van der Waals surface area contributed by atoms with Crippen LogP contribution in [0.3, 0.4) is 0 Å². The van der Waals surface area contributed by atoms with E-state index >= 15 is 0 Å². The number of rotatable bonds is 4. The molecule has 0 unspecified atom stereocenters. The minimum atomic E-state index is -3.86. The van der Waals surface area contributed by atoms with Gasteiger partial charge in [-0.1, -0.05) is 12.1 Å². The van der Waals surface area contributed by atoms with E-state index in [0.29, 0.717) is 12.2 Å². The first kappa shape index (κ1) is 17.8. The predicted octanol–water partition coefficient (Wildman–Crippen LogP) is 3.34. The molecule has 0 N–H and O–H groups in total. The van der Waals surface area contributed by atoms with Crippen molar-refractivity contribution in [3.8, 4) is 0 Å². The summed E-state index contributed by atoms with van der Waals surface area (Å²) in [6.07, 6.45) is 3.85. The summed E-state index contributed by atoms with van der Waals surface area (Å²) in [5.41, 5.74) is 2.50. The smallest absolute Gasteiger partial charge is 0.270 e. The van der Waals surface area contributed by atoms with Crippen molar-refractivity contribution in [3.63, 3.8) is 0 Å². The SMILES string of the molecule is O=[N+]([O-])c1cccc(S(=O)(=O)N2CCCc3ccc(N4CCCC4)cc32)c1. The normalized spacial score (nSPS) is 17.0. The molecule has 1 saturated heterocycles. The molecule has 2 aromatic rings. The van der Waals surface area contributed by atoms with Gasteiger partial charge >= 0.3 is 0 Å². The highest BCUT2D eigenvalue weighted by Crippen LogP contribution is 2.36. The van der Waals surface area contributed by atoms with Crippen LogP contribution < -0.4 is 9.21 Å². The number of sulfonamides is 1. The Morgan fingerprint density at radius 3 is 2.48 bits per heavy atom. The van der Waals surface area contributed by atoms with Crippen molar-refractivity contribution in [2.75, 3.05) is 28.8 Å². The lowest BCUT2D eigenvalue weighted by molar-refractivity contribution is -0.385. The summed E-state index contributed by atoms with van der Waals surface area (Å²) in [6, 6.07) is 11.3. The third kappa shape index (κ3) is 3.25. The highest BCUT2D eigenvalue weighted by molar-refractivity contribution is 7.92. The van der Waals surface area contributed by atoms with Gasteiger partial charge in [0.15, 0.2) is 0 Å². The fourth-order valence-corrected chi connectivity index (χ4v) is 5.41. The van der Waals surface area contributed by atoms with Crippen molar-refractivity contribution in [2.24, 2.45) is 0 Å². The molecule has 7 nitrogen and oxygen atoms in total. The number of non-ortho nitro benzene ring substituents is 1. The first-order chi connectivity index (χ1) is 13.0. The van der Waals surface area contributed by atoms with Gasteiger partial charge in [0.1, 0.15) is 0 Å². The Morgan fingerprint density at radius 2 is 1.74 bits per heavy atom. The second kappa shape index (κ2) is 6.84. The van der Waals surface area contributed by atoms with E-state index in [1.54, 1.807) is 0 Å². The minimum absolute atomic E-state index is 0.0453. The molecule has 0 spiro atoms. The molecule has 142 valence electrons. The van der Waals surface area contributed by atoms with Crippen LogP contribution in [0.1, 0.15) is 24.8 Å². The average molecular weight is 387 g/mol. The number of aryl methyl sites for hydroxylation is 1. The number of fused-ring (bicyclic) bond motifs is 1. The fraction of sp³-hybridized carbons (Fsp3) is 0.368. The van der Waals surface area contributed by atoms with E-state index < -0.39 is 14.9 Å². The lowest BCUT2D eigenvalue weighted by atomic mass is 10.0. The molecule has 0 bridgehead atoms. The zero-order chi connectivity index (χ0) is 19.0. The molecular weight excluding hydrogens is 366 g/mol. The van der Waals surface area contributed by atoms with Crippen molar-refractivity contribution in [1.82, 2.24) is 0 Å². The number of anilines is 2. The third-order valence-electron chi connectivity index (χ3n) is 5.23. The molecular formula is C19H21N3O4S. The Labute approximate surface area is 158 Å². The molecule has 8 heteroatoms. The molecule has 0 radical (unpaired) electrons. The van der Waals surface area contributed by atoms with Crippen LogP contribution in [-0.4, -0.2) is 33.0 Å². The fourth-order valence-electron chi connectivity index (χ4n) is 3.84. The third-order valence-corrected chi connectivity index (χ3v) is 7.04. The Morgan fingerprint density at radius 1 is 0.963 bits per heavy atom. The molecule has 1 fully saturated rings. The summed E-state index contributed by atoms with van der Waals surface area (Å²) in [5.74, 6) is 0. The molecule has 0 aromatic heterocycles. The van der Waals surface area contributed by atoms with Gasteiger partial charge in [-0.2, -0.15) is 0 Å². The van der Waals surface area contributed by atoms with Crippen LogP contribution in [0.25, 0.3) is 0 Å². The van der Waals surface area contributed by atoms with E-state index in [4.69, 9.17) is 0 Å². The number of hydrogen-bond donors (Lipinski definition) is 0. The van der Waals surface area contributed by atoms with Crippen molar-refractivity contribution < 1.29 is 13.3 Å². The second-order valence-electron chi connectivity index (χ2n) is 6.94. The number of nitrogens with zero attached hydrogens (tertiary/aromatic N) is 3.